The summed E-state index contributed by atoms with van der Waals surface area (Å²) < 4.78 is 18.8. The fourth-order valence-corrected chi connectivity index (χ4v) is 6.46. The Morgan fingerprint density at radius 1 is 0.907 bits per heavy atom. The second kappa shape index (κ2) is 14.9. The maximum atomic E-state index is 14.0. The third-order valence-electron chi connectivity index (χ3n) is 8.96. The van der Waals surface area contributed by atoms with Gasteiger partial charge in [0.05, 0.1) is 19.1 Å². The van der Waals surface area contributed by atoms with Crippen molar-refractivity contribution in [2.24, 2.45) is 5.92 Å². The lowest BCUT2D eigenvalue weighted by atomic mass is 10.0. The van der Waals surface area contributed by atoms with Gasteiger partial charge in [0.1, 0.15) is 5.82 Å². The Morgan fingerprint density at radius 3 is 2.35 bits per heavy atom. The van der Waals surface area contributed by atoms with Gasteiger partial charge in [0.2, 0.25) is 17.7 Å². The van der Waals surface area contributed by atoms with Crippen LogP contribution in [0.25, 0.3) is 0 Å². The van der Waals surface area contributed by atoms with E-state index < -0.39 is 0 Å². The second-order valence-corrected chi connectivity index (χ2v) is 12.2. The zero-order chi connectivity index (χ0) is 30.2. The Kier molecular flexibility index (Phi) is 10.8. The number of benzene rings is 2. The summed E-state index contributed by atoms with van der Waals surface area (Å²) in [4.78, 5) is 47.8. The molecule has 2 aromatic rings. The summed E-state index contributed by atoms with van der Waals surface area (Å²) in [5.74, 6) is -0.656. The molecule has 0 aliphatic carbocycles. The van der Waals surface area contributed by atoms with Gasteiger partial charge in [-0.3, -0.25) is 19.3 Å². The Balaban J connectivity index is 1.33. The fourth-order valence-electron chi connectivity index (χ4n) is 6.46. The number of ether oxygens (including phenoxy) is 1. The molecule has 0 aromatic heterocycles. The lowest BCUT2D eigenvalue weighted by Crippen LogP contribution is -2.39. The van der Waals surface area contributed by atoms with Crippen LogP contribution in [0.1, 0.15) is 62.1 Å². The van der Waals surface area contributed by atoms with Crippen molar-refractivity contribution in [3.05, 3.63) is 65.0 Å². The van der Waals surface area contributed by atoms with E-state index in [2.05, 4.69) is 23.1 Å². The summed E-state index contributed by atoms with van der Waals surface area (Å²) in [6.45, 7) is 8.27. The number of morpholine rings is 1. The predicted octanol–water partition coefficient (Wildman–Crippen LogP) is 4.39. The largest absolute Gasteiger partial charge is 0.379 e. The number of likely N-dealkylation sites (tertiary alicyclic amines) is 1. The van der Waals surface area contributed by atoms with Crippen molar-refractivity contribution >= 4 is 23.4 Å². The third-order valence-corrected chi connectivity index (χ3v) is 8.96. The first kappa shape index (κ1) is 31.1. The molecule has 9 heteroatoms. The van der Waals surface area contributed by atoms with Gasteiger partial charge < -0.3 is 19.4 Å². The van der Waals surface area contributed by atoms with E-state index in [9.17, 15) is 18.8 Å². The molecule has 0 spiro atoms. The van der Waals surface area contributed by atoms with Crippen LogP contribution in [0.15, 0.2) is 42.5 Å². The first-order valence-corrected chi connectivity index (χ1v) is 15.9. The number of amides is 3. The van der Waals surface area contributed by atoms with Crippen molar-refractivity contribution in [3.8, 4) is 0 Å². The molecule has 8 nitrogen and oxygen atoms in total. The highest BCUT2D eigenvalue weighted by molar-refractivity contribution is 5.93. The van der Waals surface area contributed by atoms with Gasteiger partial charge in [-0.2, -0.15) is 0 Å². The van der Waals surface area contributed by atoms with Gasteiger partial charge in [-0.1, -0.05) is 43.5 Å². The Labute approximate surface area is 254 Å². The minimum atomic E-state index is -0.387. The maximum Gasteiger partial charge on any atom is 0.228 e. The number of nitrogens with zero attached hydrogens (tertiary/aromatic N) is 4. The van der Waals surface area contributed by atoms with Gasteiger partial charge >= 0.3 is 0 Å². The number of hydrogen-bond acceptors (Lipinski definition) is 5. The van der Waals surface area contributed by atoms with Crippen LogP contribution in [0.5, 0.6) is 0 Å². The molecule has 0 radical (unpaired) electrons. The molecule has 5 rings (SSSR count). The summed E-state index contributed by atoms with van der Waals surface area (Å²) in [7, 11) is 0. The summed E-state index contributed by atoms with van der Waals surface area (Å²) in [5.41, 5.74) is 3.97. The molecule has 2 fully saturated rings. The number of anilines is 1. The van der Waals surface area contributed by atoms with Crippen molar-refractivity contribution in [1.29, 1.82) is 0 Å². The molecule has 1 atom stereocenters. The van der Waals surface area contributed by atoms with Crippen molar-refractivity contribution < 1.29 is 23.5 Å². The monoisotopic (exact) mass is 592 g/mol. The van der Waals surface area contributed by atoms with Crippen LogP contribution >= 0.6 is 0 Å². The van der Waals surface area contributed by atoms with Crippen molar-refractivity contribution in [2.45, 2.75) is 65.0 Å². The zero-order valence-electron chi connectivity index (χ0n) is 25.4. The van der Waals surface area contributed by atoms with Gasteiger partial charge in [-0.25, -0.2) is 4.39 Å². The molecule has 3 amide bonds. The highest BCUT2D eigenvalue weighted by atomic mass is 19.1. The van der Waals surface area contributed by atoms with E-state index in [1.54, 1.807) is 24.0 Å². The molecule has 3 aliphatic rings. The molecule has 1 unspecified atom stereocenters. The van der Waals surface area contributed by atoms with Gasteiger partial charge in [0.25, 0.3) is 0 Å². The minimum Gasteiger partial charge on any atom is -0.379 e. The fraction of sp³-hybridized carbons (Fsp3) is 0.559. The molecule has 2 aromatic carbocycles. The SMILES string of the molecule is CC(=O)N1CCCCCCCN(C(=O)C2CC(=O)N(CCc3ccc(F)cc3)C2)Cc2ccc(CN3CCOCC3)cc21. The molecule has 3 aliphatic heterocycles. The van der Waals surface area contributed by atoms with Crippen LogP contribution in [-0.4, -0.2) is 84.9 Å². The number of hydrogen-bond donors (Lipinski definition) is 0. The summed E-state index contributed by atoms with van der Waals surface area (Å²) in [6, 6.07) is 12.7. The van der Waals surface area contributed by atoms with Crippen LogP contribution in [0, 0.1) is 11.7 Å². The van der Waals surface area contributed by atoms with Gasteiger partial charge in [-0.05, 0) is 54.2 Å². The molecule has 0 N–H and O–H groups in total. The van der Waals surface area contributed by atoms with E-state index in [0.29, 0.717) is 39.1 Å². The molecule has 43 heavy (non-hydrogen) atoms. The molecule has 0 bridgehead atoms. The average Bonchev–Trinajstić information content (AvgIpc) is 3.37. The van der Waals surface area contributed by atoms with Crippen molar-refractivity contribution in [2.75, 3.05) is 57.4 Å². The number of fused-ring (bicyclic) bond motifs is 1. The molecule has 2 saturated heterocycles. The maximum absolute atomic E-state index is 14.0. The van der Waals surface area contributed by atoms with Crippen LogP contribution in [0.4, 0.5) is 10.1 Å². The number of halogens is 1. The first-order valence-electron chi connectivity index (χ1n) is 15.9. The van der Waals surface area contributed by atoms with Crippen molar-refractivity contribution in [3.63, 3.8) is 0 Å². The van der Waals surface area contributed by atoms with E-state index in [1.165, 1.54) is 12.1 Å². The van der Waals surface area contributed by atoms with Crippen LogP contribution < -0.4 is 4.90 Å². The topological polar surface area (TPSA) is 73.4 Å². The van der Waals surface area contributed by atoms with Gasteiger partial charge in [0.15, 0.2) is 0 Å². The first-order chi connectivity index (χ1) is 20.9. The number of carbonyl (C=O) groups excluding carboxylic acids is 3. The Morgan fingerprint density at radius 2 is 1.60 bits per heavy atom. The minimum absolute atomic E-state index is 0.00686. The summed E-state index contributed by atoms with van der Waals surface area (Å²) in [6.07, 6.45) is 5.84. The highest BCUT2D eigenvalue weighted by Crippen LogP contribution is 2.29. The van der Waals surface area contributed by atoms with Crippen molar-refractivity contribution in [1.82, 2.24) is 14.7 Å². The standard InChI is InChI=1S/C34H45FN4O4/c1-26(40)39-15-6-4-2-3-5-14-38(24-29-10-7-28(21-32(29)39)23-36-17-19-43-20-18-36)34(42)30-22-33(41)37(25-30)16-13-27-8-11-31(35)12-9-27/h7-12,21,30H,2-6,13-20,22-25H2,1H3. The van der Waals surface area contributed by atoms with Crippen LogP contribution in [0.2, 0.25) is 0 Å². The zero-order valence-corrected chi connectivity index (χ0v) is 25.4. The highest BCUT2D eigenvalue weighted by Gasteiger charge is 2.36. The smallest absolute Gasteiger partial charge is 0.228 e. The van der Waals surface area contributed by atoms with Crippen LogP contribution in [0.3, 0.4) is 0 Å². The van der Waals surface area contributed by atoms with E-state index in [-0.39, 0.29) is 35.9 Å². The molecule has 0 saturated carbocycles. The number of carbonyl (C=O) groups is 3. The Hall–Kier alpha value is -3.30. The lowest BCUT2D eigenvalue weighted by Gasteiger charge is -2.31. The van der Waals surface area contributed by atoms with Crippen LogP contribution in [-0.2, 0) is 38.6 Å². The van der Waals surface area contributed by atoms with Gasteiger partial charge in [-0.15, -0.1) is 0 Å². The molecule has 232 valence electrons. The molecular weight excluding hydrogens is 547 g/mol. The second-order valence-electron chi connectivity index (χ2n) is 12.2. The summed E-state index contributed by atoms with van der Waals surface area (Å²) >= 11 is 0. The van der Waals surface area contributed by atoms with E-state index in [1.807, 2.05) is 9.80 Å². The number of rotatable bonds is 6. The van der Waals surface area contributed by atoms with E-state index in [0.717, 1.165) is 87.3 Å². The average molecular weight is 593 g/mol. The Bertz CT molecular complexity index is 1260. The lowest BCUT2D eigenvalue weighted by molar-refractivity contribution is -0.136. The van der Waals surface area contributed by atoms with E-state index in [4.69, 9.17) is 4.74 Å². The summed E-state index contributed by atoms with van der Waals surface area (Å²) in [5, 5.41) is 0. The quantitative estimate of drug-likeness (QED) is 0.498. The normalized spacial score (nSPS) is 20.8. The molecule has 3 heterocycles. The van der Waals surface area contributed by atoms with Gasteiger partial charge in [0, 0.05) is 71.4 Å². The van der Waals surface area contributed by atoms with E-state index >= 15 is 0 Å². The molecular formula is C34H45FN4O4. The third kappa shape index (κ3) is 8.42. The predicted molar refractivity (Wildman–Crippen MR) is 164 cm³/mol.